The lowest BCUT2D eigenvalue weighted by Gasteiger charge is -2.18. The number of imide groups is 1. The summed E-state index contributed by atoms with van der Waals surface area (Å²) in [7, 11) is 0. The van der Waals surface area contributed by atoms with Crippen molar-refractivity contribution in [3.63, 3.8) is 0 Å². The number of carbonyl (C=O) groups is 4. The largest absolute Gasteiger partial charge is 0.478 e. The molecule has 2 aromatic carbocycles. The van der Waals surface area contributed by atoms with Gasteiger partial charge in [0.2, 0.25) is 0 Å². The van der Waals surface area contributed by atoms with Crippen LogP contribution in [-0.4, -0.2) is 47.7 Å². The SMILES string of the molecule is CCCCCCCCN=C(N)c1c(C(=O)NCCCCCCCC)c2c(c3c(C(=O)O)cccc13)C(=O)NC2=O. The molecule has 0 aromatic heterocycles. The van der Waals surface area contributed by atoms with Crippen molar-refractivity contribution >= 4 is 40.3 Å². The first kappa shape index (κ1) is 30.8. The van der Waals surface area contributed by atoms with Gasteiger partial charge in [-0.2, -0.15) is 0 Å². The van der Waals surface area contributed by atoms with Crippen LogP contribution < -0.4 is 16.4 Å². The maximum Gasteiger partial charge on any atom is 0.336 e. The van der Waals surface area contributed by atoms with Crippen molar-refractivity contribution in [3.05, 3.63) is 46.0 Å². The summed E-state index contributed by atoms with van der Waals surface area (Å²) in [6, 6.07) is 4.52. The highest BCUT2D eigenvalue weighted by atomic mass is 16.4. The molecule has 0 spiro atoms. The number of benzene rings is 2. The van der Waals surface area contributed by atoms with E-state index < -0.39 is 23.7 Å². The molecule has 0 fully saturated rings. The molecule has 1 aliphatic heterocycles. The molecule has 2 aromatic rings. The number of hydrogen-bond acceptors (Lipinski definition) is 5. The summed E-state index contributed by atoms with van der Waals surface area (Å²) in [5.41, 5.74) is 6.22. The molecule has 216 valence electrons. The standard InChI is InChI=1S/C31H42N4O5/c1-3-5-7-9-11-13-18-33-27(32)23-20-16-15-17-21(31(39)40)22(20)24-26(30(38)35-29(24)37)25(23)28(36)34-19-14-12-10-8-6-4-2/h15-17H,3-14,18-19H2,1-2H3,(H2,32,33)(H,34,36)(H,39,40)(H,35,37,38). The Hall–Kier alpha value is -3.75. The van der Waals surface area contributed by atoms with Gasteiger partial charge in [0.25, 0.3) is 17.7 Å². The fraction of sp³-hybridized carbons (Fsp3) is 0.516. The topological polar surface area (TPSA) is 151 Å². The third kappa shape index (κ3) is 7.25. The van der Waals surface area contributed by atoms with Crippen LogP contribution in [0.3, 0.4) is 0 Å². The average molecular weight is 551 g/mol. The Kier molecular flexibility index (Phi) is 11.7. The van der Waals surface area contributed by atoms with E-state index in [2.05, 4.69) is 29.5 Å². The number of hydrogen-bond donors (Lipinski definition) is 4. The number of amidine groups is 1. The van der Waals surface area contributed by atoms with Gasteiger partial charge >= 0.3 is 5.97 Å². The van der Waals surface area contributed by atoms with E-state index in [9.17, 15) is 24.3 Å². The summed E-state index contributed by atoms with van der Waals surface area (Å²) in [4.78, 5) is 56.2. The molecule has 1 heterocycles. The van der Waals surface area contributed by atoms with Gasteiger partial charge in [-0.15, -0.1) is 0 Å². The van der Waals surface area contributed by atoms with E-state index in [0.717, 1.165) is 64.2 Å². The predicted octanol–water partition coefficient (Wildman–Crippen LogP) is 5.58. The van der Waals surface area contributed by atoms with Crippen LogP contribution in [0.2, 0.25) is 0 Å². The first-order valence-electron chi connectivity index (χ1n) is 14.6. The number of nitrogens with two attached hydrogens (primary N) is 1. The summed E-state index contributed by atoms with van der Waals surface area (Å²) < 4.78 is 0. The second-order valence-corrected chi connectivity index (χ2v) is 10.4. The molecule has 5 N–H and O–H groups in total. The molecule has 0 saturated heterocycles. The minimum atomic E-state index is -1.26. The van der Waals surface area contributed by atoms with Crippen molar-refractivity contribution in [3.8, 4) is 0 Å². The molecule has 9 nitrogen and oxygen atoms in total. The van der Waals surface area contributed by atoms with Crippen molar-refractivity contribution in [1.29, 1.82) is 0 Å². The van der Waals surface area contributed by atoms with Crippen molar-refractivity contribution in [2.45, 2.75) is 90.9 Å². The summed E-state index contributed by atoms with van der Waals surface area (Å²) in [5, 5.41) is 15.4. The zero-order valence-corrected chi connectivity index (χ0v) is 23.7. The van der Waals surface area contributed by atoms with Crippen LogP contribution in [0.1, 0.15) is 138 Å². The molecule has 0 atom stereocenters. The van der Waals surface area contributed by atoms with E-state index in [-0.39, 0.29) is 39.0 Å². The van der Waals surface area contributed by atoms with Crippen molar-refractivity contribution in [2.75, 3.05) is 13.1 Å². The van der Waals surface area contributed by atoms with Crippen LogP contribution in [0, 0.1) is 0 Å². The molecule has 3 amide bonds. The zero-order chi connectivity index (χ0) is 29.1. The highest BCUT2D eigenvalue weighted by Crippen LogP contribution is 2.36. The van der Waals surface area contributed by atoms with Crippen LogP contribution in [-0.2, 0) is 0 Å². The monoisotopic (exact) mass is 550 g/mol. The van der Waals surface area contributed by atoms with Crippen molar-refractivity contribution in [2.24, 2.45) is 10.7 Å². The minimum absolute atomic E-state index is 0.0384. The van der Waals surface area contributed by atoms with Crippen LogP contribution >= 0.6 is 0 Å². The number of aromatic carboxylic acids is 1. The second-order valence-electron chi connectivity index (χ2n) is 10.4. The third-order valence-electron chi connectivity index (χ3n) is 7.34. The maximum atomic E-state index is 13.6. The molecule has 0 radical (unpaired) electrons. The summed E-state index contributed by atoms with van der Waals surface area (Å²) >= 11 is 0. The summed E-state index contributed by atoms with van der Waals surface area (Å²) in [5.74, 6) is -3.24. The number of carbonyl (C=O) groups excluding carboxylic acids is 3. The third-order valence-corrected chi connectivity index (χ3v) is 7.34. The van der Waals surface area contributed by atoms with E-state index in [4.69, 9.17) is 5.73 Å². The van der Waals surface area contributed by atoms with Gasteiger partial charge in [0.15, 0.2) is 0 Å². The second kappa shape index (κ2) is 15.1. The van der Waals surface area contributed by atoms with Gasteiger partial charge in [0.1, 0.15) is 5.84 Å². The highest BCUT2D eigenvalue weighted by molar-refractivity contribution is 6.34. The molecular formula is C31H42N4O5. The van der Waals surface area contributed by atoms with E-state index >= 15 is 0 Å². The van der Waals surface area contributed by atoms with Gasteiger partial charge in [-0.05, 0) is 24.3 Å². The first-order chi connectivity index (χ1) is 19.3. The normalized spacial score (nSPS) is 13.0. The molecule has 1 aliphatic rings. The Morgan fingerprint density at radius 2 is 1.45 bits per heavy atom. The minimum Gasteiger partial charge on any atom is -0.478 e. The summed E-state index contributed by atoms with van der Waals surface area (Å²) in [6.07, 6.45) is 12.7. The van der Waals surface area contributed by atoms with Crippen LogP contribution in [0.4, 0.5) is 0 Å². The number of fused-ring (bicyclic) bond motifs is 3. The van der Waals surface area contributed by atoms with Gasteiger partial charge in [0, 0.05) is 24.0 Å². The Morgan fingerprint density at radius 3 is 2.10 bits per heavy atom. The molecule has 0 unspecified atom stereocenters. The molecule has 0 saturated carbocycles. The number of carboxylic acids is 1. The van der Waals surface area contributed by atoms with Crippen molar-refractivity contribution in [1.82, 2.24) is 10.6 Å². The molecular weight excluding hydrogens is 508 g/mol. The number of nitrogens with zero attached hydrogens (tertiary/aromatic N) is 1. The molecule has 9 heteroatoms. The number of rotatable bonds is 17. The van der Waals surface area contributed by atoms with Crippen LogP contribution in [0.25, 0.3) is 10.8 Å². The van der Waals surface area contributed by atoms with E-state index in [1.54, 1.807) is 6.07 Å². The van der Waals surface area contributed by atoms with Crippen LogP contribution in [0.15, 0.2) is 23.2 Å². The van der Waals surface area contributed by atoms with Gasteiger partial charge in [-0.25, -0.2) is 4.79 Å². The van der Waals surface area contributed by atoms with Crippen molar-refractivity contribution < 1.29 is 24.3 Å². The van der Waals surface area contributed by atoms with Gasteiger partial charge < -0.3 is 16.2 Å². The number of unbranched alkanes of at least 4 members (excludes halogenated alkanes) is 10. The molecule has 0 bridgehead atoms. The first-order valence-corrected chi connectivity index (χ1v) is 14.6. The number of nitrogens with one attached hydrogen (secondary N) is 2. The van der Waals surface area contributed by atoms with E-state index in [1.807, 2.05) is 0 Å². The lowest BCUT2D eigenvalue weighted by molar-refractivity contribution is 0.0698. The maximum absolute atomic E-state index is 13.6. The number of carboxylic acid groups (broad SMARTS) is 1. The Morgan fingerprint density at radius 1 is 0.850 bits per heavy atom. The lowest BCUT2D eigenvalue weighted by atomic mass is 9.86. The smallest absolute Gasteiger partial charge is 0.336 e. The zero-order valence-electron chi connectivity index (χ0n) is 23.7. The van der Waals surface area contributed by atoms with E-state index in [0.29, 0.717) is 18.5 Å². The Bertz CT molecular complexity index is 1280. The fourth-order valence-corrected chi connectivity index (χ4v) is 5.26. The molecule has 3 rings (SSSR count). The molecule has 0 aliphatic carbocycles. The molecule has 40 heavy (non-hydrogen) atoms. The lowest BCUT2D eigenvalue weighted by Crippen LogP contribution is -2.31. The Labute approximate surface area is 236 Å². The quantitative estimate of drug-likeness (QED) is 0.0874. The van der Waals surface area contributed by atoms with Crippen LogP contribution in [0.5, 0.6) is 0 Å². The number of aliphatic imine (C=N–C) groups is 1. The Balaban J connectivity index is 2.03. The summed E-state index contributed by atoms with van der Waals surface area (Å²) in [6.45, 7) is 5.15. The van der Waals surface area contributed by atoms with Gasteiger partial charge in [0.05, 0.1) is 22.3 Å². The van der Waals surface area contributed by atoms with E-state index in [1.165, 1.54) is 25.0 Å². The van der Waals surface area contributed by atoms with Gasteiger partial charge in [-0.3, -0.25) is 24.7 Å². The predicted molar refractivity (Wildman–Crippen MR) is 157 cm³/mol. The van der Waals surface area contributed by atoms with Gasteiger partial charge in [-0.1, -0.05) is 90.2 Å². The average Bonchev–Trinajstić information content (AvgIpc) is 3.23. The number of amides is 3. The highest BCUT2D eigenvalue weighted by Gasteiger charge is 2.38. The fourth-order valence-electron chi connectivity index (χ4n) is 5.26.